The van der Waals surface area contributed by atoms with Crippen LogP contribution in [0.15, 0.2) is 40.5 Å². The van der Waals surface area contributed by atoms with E-state index in [2.05, 4.69) is 0 Å². The van der Waals surface area contributed by atoms with E-state index in [1.807, 2.05) is 6.07 Å². The van der Waals surface area contributed by atoms with Crippen LogP contribution in [0.3, 0.4) is 0 Å². The van der Waals surface area contributed by atoms with Gasteiger partial charge >= 0.3 is 0 Å². The number of pyridine rings is 1. The molecule has 0 bridgehead atoms. The zero-order valence-corrected chi connectivity index (χ0v) is 15.3. The first-order chi connectivity index (χ1) is 12.4. The summed E-state index contributed by atoms with van der Waals surface area (Å²) in [6.45, 7) is 1.65. The molecule has 1 aromatic carbocycles. The maximum Gasteiger partial charge on any atom is 0.258 e. The maximum atomic E-state index is 13.1. The van der Waals surface area contributed by atoms with Crippen LogP contribution in [0.5, 0.6) is 5.75 Å². The standard InChI is InChI=1S/C18H15Cl2N3O3/c1-9-6-14-16(18(25)23(9)4-5-24)15(12(8-21)17(22)26-14)11-3-2-10(19)7-13(11)20/h2-3,6-7,15,24H,4-5,22H2,1H3. The molecule has 2 heterocycles. The summed E-state index contributed by atoms with van der Waals surface area (Å²) in [5.74, 6) is -0.588. The molecule has 0 radical (unpaired) electrons. The Kier molecular flexibility index (Phi) is 4.97. The predicted octanol–water partition coefficient (Wildman–Crippen LogP) is 2.67. The predicted molar refractivity (Wildman–Crippen MR) is 98.3 cm³/mol. The van der Waals surface area contributed by atoms with Gasteiger partial charge in [-0.25, -0.2) is 0 Å². The topological polar surface area (TPSA) is 101 Å². The van der Waals surface area contributed by atoms with E-state index in [-0.39, 0.29) is 41.5 Å². The molecule has 134 valence electrons. The highest BCUT2D eigenvalue weighted by atomic mass is 35.5. The van der Waals surface area contributed by atoms with Gasteiger partial charge in [0, 0.05) is 28.4 Å². The van der Waals surface area contributed by atoms with Crippen molar-refractivity contribution >= 4 is 23.2 Å². The van der Waals surface area contributed by atoms with Gasteiger partial charge in [-0.05, 0) is 24.6 Å². The van der Waals surface area contributed by atoms with Gasteiger partial charge in [0.05, 0.1) is 18.1 Å². The van der Waals surface area contributed by atoms with Gasteiger partial charge in [-0.3, -0.25) is 4.79 Å². The molecule has 1 aliphatic heterocycles. The lowest BCUT2D eigenvalue weighted by Gasteiger charge is -2.27. The summed E-state index contributed by atoms with van der Waals surface area (Å²) in [4.78, 5) is 13.1. The van der Waals surface area contributed by atoms with Gasteiger partial charge in [-0.1, -0.05) is 29.3 Å². The number of rotatable bonds is 3. The first-order valence-electron chi connectivity index (χ1n) is 7.76. The Morgan fingerprint density at radius 2 is 2.12 bits per heavy atom. The lowest BCUT2D eigenvalue weighted by molar-refractivity contribution is 0.272. The molecule has 1 aliphatic rings. The lowest BCUT2D eigenvalue weighted by Crippen LogP contribution is -2.33. The molecule has 1 aromatic heterocycles. The Morgan fingerprint density at radius 3 is 2.73 bits per heavy atom. The van der Waals surface area contributed by atoms with Gasteiger partial charge in [-0.2, -0.15) is 5.26 Å². The van der Waals surface area contributed by atoms with E-state index in [9.17, 15) is 15.2 Å². The maximum absolute atomic E-state index is 13.1. The molecule has 26 heavy (non-hydrogen) atoms. The monoisotopic (exact) mass is 391 g/mol. The summed E-state index contributed by atoms with van der Waals surface area (Å²) in [7, 11) is 0. The molecule has 0 aliphatic carbocycles. The minimum Gasteiger partial charge on any atom is -0.440 e. The van der Waals surface area contributed by atoms with Crippen LogP contribution in [0.4, 0.5) is 0 Å². The smallest absolute Gasteiger partial charge is 0.258 e. The molecule has 3 N–H and O–H groups in total. The molecule has 8 heteroatoms. The second-order valence-electron chi connectivity index (χ2n) is 5.83. The molecule has 3 rings (SSSR count). The van der Waals surface area contributed by atoms with E-state index < -0.39 is 5.92 Å². The van der Waals surface area contributed by atoms with E-state index in [0.717, 1.165) is 0 Å². The Bertz CT molecular complexity index is 1020. The van der Waals surface area contributed by atoms with E-state index in [1.54, 1.807) is 31.2 Å². The molecule has 2 aromatic rings. The van der Waals surface area contributed by atoms with Gasteiger partial charge in [0.1, 0.15) is 17.4 Å². The second kappa shape index (κ2) is 7.04. The summed E-state index contributed by atoms with van der Waals surface area (Å²) in [6, 6.07) is 8.50. The molecule has 0 saturated carbocycles. The van der Waals surface area contributed by atoms with Crippen LogP contribution < -0.4 is 16.0 Å². The molecular formula is C18H15Cl2N3O3. The largest absolute Gasteiger partial charge is 0.440 e. The van der Waals surface area contributed by atoms with Crippen molar-refractivity contribution in [2.45, 2.75) is 19.4 Å². The van der Waals surface area contributed by atoms with Crippen molar-refractivity contribution in [2.24, 2.45) is 5.73 Å². The van der Waals surface area contributed by atoms with Crippen molar-refractivity contribution in [3.8, 4) is 11.8 Å². The third kappa shape index (κ3) is 2.95. The first kappa shape index (κ1) is 18.3. The summed E-state index contributed by atoms with van der Waals surface area (Å²) >= 11 is 12.3. The number of nitriles is 1. The van der Waals surface area contributed by atoms with E-state index in [1.165, 1.54) is 4.57 Å². The highest BCUT2D eigenvalue weighted by molar-refractivity contribution is 6.35. The fourth-order valence-corrected chi connectivity index (χ4v) is 3.63. The summed E-state index contributed by atoms with van der Waals surface area (Å²) in [6.07, 6.45) is 0. The SMILES string of the molecule is Cc1cc2c(c(=O)n1CCO)C(c1ccc(Cl)cc1Cl)C(C#N)=C(N)O2. The number of allylic oxidation sites excluding steroid dienone is 1. The number of fused-ring (bicyclic) bond motifs is 1. The number of nitrogens with two attached hydrogens (primary N) is 1. The van der Waals surface area contributed by atoms with Crippen molar-refractivity contribution < 1.29 is 9.84 Å². The number of benzene rings is 1. The minimum atomic E-state index is -0.786. The van der Waals surface area contributed by atoms with Crippen LogP contribution in [-0.2, 0) is 6.54 Å². The molecule has 0 spiro atoms. The summed E-state index contributed by atoms with van der Waals surface area (Å²) in [5.41, 5.74) is 7.03. The van der Waals surface area contributed by atoms with Crippen molar-refractivity contribution in [3.05, 3.63) is 72.9 Å². The Labute approximate surface area is 159 Å². The minimum absolute atomic E-state index is 0.0743. The average Bonchev–Trinajstić information content (AvgIpc) is 2.57. The van der Waals surface area contributed by atoms with Crippen LogP contribution >= 0.6 is 23.2 Å². The van der Waals surface area contributed by atoms with Crippen LogP contribution in [0, 0.1) is 18.3 Å². The van der Waals surface area contributed by atoms with Crippen LogP contribution in [-0.4, -0.2) is 16.3 Å². The summed E-state index contributed by atoms with van der Waals surface area (Å²) in [5, 5.41) is 19.6. The van der Waals surface area contributed by atoms with Crippen molar-refractivity contribution in [1.82, 2.24) is 4.57 Å². The zero-order chi connectivity index (χ0) is 19.0. The summed E-state index contributed by atoms with van der Waals surface area (Å²) < 4.78 is 6.96. The fourth-order valence-electron chi connectivity index (χ4n) is 3.11. The number of aliphatic hydroxyl groups is 1. The molecule has 0 fully saturated rings. The van der Waals surface area contributed by atoms with Gasteiger partial charge < -0.3 is 20.1 Å². The molecule has 0 saturated heterocycles. The molecular weight excluding hydrogens is 377 g/mol. The molecule has 1 unspecified atom stereocenters. The van der Waals surface area contributed by atoms with Crippen LogP contribution in [0.1, 0.15) is 22.7 Å². The number of aromatic nitrogens is 1. The van der Waals surface area contributed by atoms with Crippen LogP contribution in [0.2, 0.25) is 10.0 Å². The van der Waals surface area contributed by atoms with Gasteiger partial charge in [0.2, 0.25) is 5.88 Å². The van der Waals surface area contributed by atoms with E-state index in [0.29, 0.717) is 21.3 Å². The number of nitrogens with zero attached hydrogens (tertiary/aromatic N) is 2. The highest BCUT2D eigenvalue weighted by Crippen LogP contribution is 2.43. The number of hydrogen-bond donors (Lipinski definition) is 2. The Balaban J connectivity index is 2.35. The molecule has 6 nitrogen and oxygen atoms in total. The van der Waals surface area contributed by atoms with E-state index in [4.69, 9.17) is 33.7 Å². The molecule has 0 amide bonds. The third-order valence-electron chi connectivity index (χ3n) is 4.29. The fraction of sp³-hybridized carbons (Fsp3) is 0.222. The average molecular weight is 392 g/mol. The number of ether oxygens (including phenoxy) is 1. The van der Waals surface area contributed by atoms with Crippen molar-refractivity contribution in [1.29, 1.82) is 5.26 Å². The zero-order valence-electron chi connectivity index (χ0n) is 13.8. The van der Waals surface area contributed by atoms with Crippen LogP contribution in [0.25, 0.3) is 0 Å². The molecule has 1 atom stereocenters. The number of aryl methyl sites for hydroxylation is 1. The van der Waals surface area contributed by atoms with Crippen molar-refractivity contribution in [2.75, 3.05) is 6.61 Å². The Hall–Kier alpha value is -2.46. The third-order valence-corrected chi connectivity index (χ3v) is 4.85. The van der Waals surface area contributed by atoms with Gasteiger partial charge in [-0.15, -0.1) is 0 Å². The number of hydrogen-bond acceptors (Lipinski definition) is 5. The Morgan fingerprint density at radius 1 is 1.38 bits per heavy atom. The lowest BCUT2D eigenvalue weighted by atomic mass is 9.84. The van der Waals surface area contributed by atoms with E-state index >= 15 is 0 Å². The first-order valence-corrected chi connectivity index (χ1v) is 8.52. The number of aliphatic hydroxyl groups excluding tert-OH is 1. The normalized spacial score (nSPS) is 16.0. The quantitative estimate of drug-likeness (QED) is 0.837. The van der Waals surface area contributed by atoms with Crippen molar-refractivity contribution in [3.63, 3.8) is 0 Å². The number of halogens is 2. The van der Waals surface area contributed by atoms with Gasteiger partial charge in [0.25, 0.3) is 5.56 Å². The van der Waals surface area contributed by atoms with Gasteiger partial charge in [0.15, 0.2) is 0 Å². The second-order valence-corrected chi connectivity index (χ2v) is 6.68. The highest BCUT2D eigenvalue weighted by Gasteiger charge is 2.35.